The molecule has 1 aromatic heterocycles. The molecule has 1 aliphatic carbocycles. The maximum atomic E-state index is 13.0. The van der Waals surface area contributed by atoms with Crippen molar-refractivity contribution in [2.45, 2.75) is 35.5 Å². The van der Waals surface area contributed by atoms with E-state index in [1.54, 1.807) is 18.2 Å². The first-order chi connectivity index (χ1) is 14.4. The number of halogens is 2. The molecule has 10 heteroatoms. The van der Waals surface area contributed by atoms with Crippen LogP contribution in [0.4, 0.5) is 11.5 Å². The van der Waals surface area contributed by atoms with Gasteiger partial charge in [-0.2, -0.15) is 10.5 Å². The van der Waals surface area contributed by atoms with E-state index < -0.39 is 17.1 Å². The zero-order chi connectivity index (χ0) is 21.6. The van der Waals surface area contributed by atoms with E-state index >= 15 is 0 Å². The molecule has 1 aromatic carbocycles. The molecule has 2 fully saturated rings. The fourth-order valence-corrected chi connectivity index (χ4v) is 5.15. The van der Waals surface area contributed by atoms with Crippen LogP contribution >= 0.6 is 35.0 Å². The fraction of sp³-hybridized carbons (Fsp3) is 0.250. The van der Waals surface area contributed by atoms with Gasteiger partial charge >= 0.3 is 0 Å². The molecule has 2 N–H and O–H groups in total. The molecule has 7 nitrogen and oxygen atoms in total. The molecule has 0 radical (unpaired) electrons. The highest BCUT2D eigenvalue weighted by atomic mass is 35.5. The smallest absolute Gasteiger partial charge is 0.247 e. The Hall–Kier alpha value is -2.78. The van der Waals surface area contributed by atoms with Crippen LogP contribution < -0.4 is 10.6 Å². The number of nitrogen functional groups attached to an aromatic ring is 1. The first-order valence-electron chi connectivity index (χ1n) is 8.98. The quantitative estimate of drug-likeness (QED) is 0.687. The highest BCUT2D eigenvalue weighted by Crippen LogP contribution is 2.47. The van der Waals surface area contributed by atoms with Gasteiger partial charge in [-0.05, 0) is 36.5 Å². The van der Waals surface area contributed by atoms with Crippen LogP contribution in [0.1, 0.15) is 41.9 Å². The number of nitrogens with zero attached hydrogens (tertiary/aromatic N) is 4. The number of thioether (sulfide) groups is 1. The number of nitrogens with two attached hydrogens (primary N) is 1. The minimum absolute atomic E-state index is 0.0173. The van der Waals surface area contributed by atoms with Gasteiger partial charge < -0.3 is 5.73 Å². The van der Waals surface area contributed by atoms with Gasteiger partial charge in [0.1, 0.15) is 23.0 Å². The number of amides is 2. The standard InChI is InChI=1S/C20H13Cl2N5O2S/c21-12-2-1-3-13(22)17(12)27-15(28)6-14(20(27)29)30-19-11(8-24)16(9-4-5-9)10(7-23)18(25)26-19/h1-3,9,14H,4-6H2,(H2,25,26)/t14-/m1/s1. The maximum absolute atomic E-state index is 13.0. The number of rotatable bonds is 4. The van der Waals surface area contributed by atoms with Crippen LogP contribution in [0.2, 0.25) is 10.0 Å². The number of hydrogen-bond acceptors (Lipinski definition) is 7. The molecule has 0 spiro atoms. The molecular formula is C20H13Cl2N5O2S. The molecule has 0 unspecified atom stereocenters. The van der Waals surface area contributed by atoms with Crippen LogP contribution in [-0.4, -0.2) is 22.0 Å². The third-order valence-corrected chi connectivity index (χ3v) is 6.74. The number of nitriles is 2. The van der Waals surface area contributed by atoms with E-state index in [9.17, 15) is 20.1 Å². The van der Waals surface area contributed by atoms with Crippen molar-refractivity contribution in [2.24, 2.45) is 0 Å². The van der Waals surface area contributed by atoms with E-state index in [-0.39, 0.29) is 50.0 Å². The summed E-state index contributed by atoms with van der Waals surface area (Å²) in [6.45, 7) is 0. The summed E-state index contributed by atoms with van der Waals surface area (Å²) in [7, 11) is 0. The molecule has 1 atom stereocenters. The van der Waals surface area contributed by atoms with Crippen LogP contribution in [0.25, 0.3) is 0 Å². The third-order valence-electron chi connectivity index (χ3n) is 4.96. The number of benzene rings is 1. The molecule has 1 saturated heterocycles. The first-order valence-corrected chi connectivity index (χ1v) is 10.6. The number of hydrogen-bond donors (Lipinski definition) is 1. The molecule has 0 bridgehead atoms. The molecule has 1 aliphatic heterocycles. The van der Waals surface area contributed by atoms with E-state index in [4.69, 9.17) is 28.9 Å². The third kappa shape index (κ3) is 3.37. The monoisotopic (exact) mass is 457 g/mol. The number of carbonyl (C=O) groups excluding carboxylic acids is 2. The number of imide groups is 1. The molecule has 2 aromatic rings. The van der Waals surface area contributed by atoms with E-state index in [1.165, 1.54) is 0 Å². The van der Waals surface area contributed by atoms with Crippen LogP contribution in [0.15, 0.2) is 23.2 Å². The van der Waals surface area contributed by atoms with Gasteiger partial charge in [0.25, 0.3) is 0 Å². The van der Waals surface area contributed by atoms with E-state index in [0.29, 0.717) is 5.56 Å². The Morgan fingerprint density at radius 2 is 1.77 bits per heavy atom. The van der Waals surface area contributed by atoms with Gasteiger partial charge in [-0.15, -0.1) is 0 Å². The molecule has 2 amide bonds. The van der Waals surface area contributed by atoms with Gasteiger partial charge in [-0.1, -0.05) is 41.0 Å². The van der Waals surface area contributed by atoms with Gasteiger partial charge in [0.15, 0.2) is 0 Å². The second-order valence-corrected chi connectivity index (χ2v) is 8.92. The van der Waals surface area contributed by atoms with Gasteiger partial charge in [-0.3, -0.25) is 9.59 Å². The van der Waals surface area contributed by atoms with Crippen molar-refractivity contribution in [3.8, 4) is 12.1 Å². The Morgan fingerprint density at radius 1 is 1.13 bits per heavy atom. The lowest BCUT2D eigenvalue weighted by Gasteiger charge is -2.18. The van der Waals surface area contributed by atoms with Crippen LogP contribution in [-0.2, 0) is 9.59 Å². The predicted molar refractivity (Wildman–Crippen MR) is 113 cm³/mol. The van der Waals surface area contributed by atoms with Gasteiger partial charge in [-0.25, -0.2) is 9.88 Å². The van der Waals surface area contributed by atoms with Crippen molar-refractivity contribution in [3.05, 3.63) is 44.9 Å². The van der Waals surface area contributed by atoms with Crippen molar-refractivity contribution in [1.82, 2.24) is 4.98 Å². The Balaban J connectivity index is 1.71. The number of para-hydroxylation sites is 1. The minimum Gasteiger partial charge on any atom is -0.383 e. The minimum atomic E-state index is -0.816. The van der Waals surface area contributed by atoms with Crippen molar-refractivity contribution < 1.29 is 9.59 Å². The normalized spacial score (nSPS) is 18.4. The SMILES string of the molecule is N#Cc1c(N)nc(S[C@@H]2CC(=O)N(c3c(Cl)cccc3Cl)C2=O)c(C#N)c1C1CC1. The van der Waals surface area contributed by atoms with Crippen molar-refractivity contribution in [1.29, 1.82) is 10.5 Å². The van der Waals surface area contributed by atoms with E-state index in [0.717, 1.165) is 29.5 Å². The summed E-state index contributed by atoms with van der Waals surface area (Å²) >= 11 is 13.3. The summed E-state index contributed by atoms with van der Waals surface area (Å²) in [6, 6.07) is 8.84. The summed E-state index contributed by atoms with van der Waals surface area (Å²) < 4.78 is 0. The van der Waals surface area contributed by atoms with Gasteiger partial charge in [0, 0.05) is 6.42 Å². The van der Waals surface area contributed by atoms with Crippen LogP contribution in [0, 0.1) is 22.7 Å². The summed E-state index contributed by atoms with van der Waals surface area (Å²) in [5.41, 5.74) is 7.13. The first kappa shape index (κ1) is 20.5. The van der Waals surface area contributed by atoms with Crippen molar-refractivity contribution >= 4 is 58.3 Å². The van der Waals surface area contributed by atoms with Crippen LogP contribution in [0.3, 0.4) is 0 Å². The van der Waals surface area contributed by atoms with Gasteiger partial charge in [0.05, 0.1) is 32.1 Å². The van der Waals surface area contributed by atoms with Crippen molar-refractivity contribution in [2.75, 3.05) is 10.6 Å². The highest BCUT2D eigenvalue weighted by molar-refractivity contribution is 8.00. The summed E-state index contributed by atoms with van der Waals surface area (Å²) in [5, 5.41) is 19.0. The zero-order valence-corrected chi connectivity index (χ0v) is 17.7. The van der Waals surface area contributed by atoms with E-state index in [2.05, 4.69) is 11.1 Å². The summed E-state index contributed by atoms with van der Waals surface area (Å²) in [6.07, 6.45) is 1.61. The summed E-state index contributed by atoms with van der Waals surface area (Å²) in [4.78, 5) is 30.8. The highest BCUT2D eigenvalue weighted by Gasteiger charge is 2.43. The average Bonchev–Trinajstić information content (AvgIpc) is 3.50. The molecule has 30 heavy (non-hydrogen) atoms. The lowest BCUT2D eigenvalue weighted by atomic mass is 10.0. The maximum Gasteiger partial charge on any atom is 0.247 e. The second kappa shape index (κ2) is 7.81. The van der Waals surface area contributed by atoms with Gasteiger partial charge in [0.2, 0.25) is 11.8 Å². The molecule has 1 saturated carbocycles. The number of carbonyl (C=O) groups is 2. The Morgan fingerprint density at radius 3 is 2.33 bits per heavy atom. The molecular weight excluding hydrogens is 445 g/mol. The van der Waals surface area contributed by atoms with Crippen LogP contribution in [0.5, 0.6) is 0 Å². The molecule has 2 heterocycles. The second-order valence-electron chi connectivity index (χ2n) is 6.91. The van der Waals surface area contributed by atoms with E-state index in [1.807, 2.05) is 6.07 Å². The number of pyridine rings is 1. The topological polar surface area (TPSA) is 124 Å². The Labute approximate surface area is 186 Å². The number of aromatic nitrogens is 1. The fourth-order valence-electron chi connectivity index (χ4n) is 3.46. The summed E-state index contributed by atoms with van der Waals surface area (Å²) in [5.74, 6) is -0.849. The Kier molecular flexibility index (Phi) is 5.33. The predicted octanol–water partition coefficient (Wildman–Crippen LogP) is 4.02. The zero-order valence-electron chi connectivity index (χ0n) is 15.4. The average molecular weight is 458 g/mol. The molecule has 150 valence electrons. The molecule has 2 aliphatic rings. The Bertz CT molecular complexity index is 1160. The van der Waals surface area contributed by atoms with Crippen molar-refractivity contribution in [3.63, 3.8) is 0 Å². The lowest BCUT2D eigenvalue weighted by Crippen LogP contribution is -2.31. The largest absolute Gasteiger partial charge is 0.383 e. The lowest BCUT2D eigenvalue weighted by molar-refractivity contribution is -0.121. The molecule has 4 rings (SSSR count). The number of anilines is 2.